The summed E-state index contributed by atoms with van der Waals surface area (Å²) in [5.74, 6) is 0.497. The van der Waals surface area contributed by atoms with Crippen molar-refractivity contribution in [1.29, 1.82) is 0 Å². The fraction of sp³-hybridized carbons (Fsp3) is 0.800. The highest BCUT2D eigenvalue weighted by Gasteiger charge is 2.47. The molecule has 2 aliphatic rings. The summed E-state index contributed by atoms with van der Waals surface area (Å²) in [4.78, 5) is 12.1. The molecule has 0 spiro atoms. The van der Waals surface area contributed by atoms with E-state index in [4.69, 9.17) is 0 Å². The molecule has 0 aromatic carbocycles. The van der Waals surface area contributed by atoms with Crippen molar-refractivity contribution in [2.75, 3.05) is 0 Å². The number of rotatable bonds is 1. The molecule has 0 heterocycles. The lowest BCUT2D eigenvalue weighted by Crippen LogP contribution is -2.46. The predicted octanol–water partition coefficient (Wildman–Crippen LogP) is 3.10. The SMILES string of the molecule is C[C@H]1CCCC2=CC(=O)[C@H](C(C)(C)O)C[C@@]21C. The van der Waals surface area contributed by atoms with Crippen molar-refractivity contribution >= 4 is 5.78 Å². The van der Waals surface area contributed by atoms with Gasteiger partial charge in [0.05, 0.1) is 11.5 Å². The van der Waals surface area contributed by atoms with Crippen LogP contribution in [0.25, 0.3) is 0 Å². The normalized spacial score (nSPS) is 38.6. The highest BCUT2D eigenvalue weighted by atomic mass is 16.3. The smallest absolute Gasteiger partial charge is 0.161 e. The number of hydrogen-bond acceptors (Lipinski definition) is 2. The van der Waals surface area contributed by atoms with E-state index in [0.29, 0.717) is 5.92 Å². The fourth-order valence-corrected chi connectivity index (χ4v) is 3.48. The van der Waals surface area contributed by atoms with Gasteiger partial charge in [0.2, 0.25) is 0 Å². The second kappa shape index (κ2) is 3.94. The van der Waals surface area contributed by atoms with Gasteiger partial charge in [0, 0.05) is 0 Å². The van der Waals surface area contributed by atoms with Gasteiger partial charge in [0.25, 0.3) is 0 Å². The average molecular weight is 236 g/mol. The van der Waals surface area contributed by atoms with Gasteiger partial charge in [-0.2, -0.15) is 0 Å². The van der Waals surface area contributed by atoms with Crippen LogP contribution in [0.2, 0.25) is 0 Å². The van der Waals surface area contributed by atoms with Gasteiger partial charge < -0.3 is 5.11 Å². The number of hydrogen-bond donors (Lipinski definition) is 1. The lowest BCUT2D eigenvalue weighted by molar-refractivity contribution is -0.129. The third kappa shape index (κ3) is 2.08. The molecule has 1 fully saturated rings. The molecule has 2 rings (SSSR count). The summed E-state index contributed by atoms with van der Waals surface area (Å²) in [6, 6.07) is 0. The summed E-state index contributed by atoms with van der Waals surface area (Å²) in [6.45, 7) is 8.06. The highest BCUT2D eigenvalue weighted by Crippen LogP contribution is 2.52. The molecule has 0 unspecified atom stereocenters. The Hall–Kier alpha value is -0.630. The maximum atomic E-state index is 12.1. The monoisotopic (exact) mass is 236 g/mol. The quantitative estimate of drug-likeness (QED) is 0.759. The second-order valence-electron chi connectivity index (χ2n) is 6.69. The molecule has 0 aliphatic heterocycles. The molecule has 2 nitrogen and oxygen atoms in total. The molecule has 0 radical (unpaired) electrons. The van der Waals surface area contributed by atoms with Gasteiger partial charge in [-0.25, -0.2) is 0 Å². The summed E-state index contributed by atoms with van der Waals surface area (Å²) in [5, 5.41) is 10.2. The molecule has 0 aromatic rings. The minimum atomic E-state index is -0.903. The van der Waals surface area contributed by atoms with Gasteiger partial charge >= 0.3 is 0 Å². The largest absolute Gasteiger partial charge is 0.390 e. The highest BCUT2D eigenvalue weighted by molar-refractivity contribution is 5.94. The van der Waals surface area contributed by atoms with Crippen molar-refractivity contribution in [3.05, 3.63) is 11.6 Å². The summed E-state index contributed by atoms with van der Waals surface area (Å²) >= 11 is 0. The zero-order valence-corrected chi connectivity index (χ0v) is 11.4. The van der Waals surface area contributed by atoms with E-state index >= 15 is 0 Å². The molecule has 0 bridgehead atoms. The van der Waals surface area contributed by atoms with Crippen LogP contribution in [-0.4, -0.2) is 16.5 Å². The van der Waals surface area contributed by atoms with Crippen molar-refractivity contribution in [2.24, 2.45) is 17.3 Å². The van der Waals surface area contributed by atoms with Crippen LogP contribution < -0.4 is 0 Å². The van der Waals surface area contributed by atoms with Crippen LogP contribution in [-0.2, 0) is 4.79 Å². The first-order chi connectivity index (χ1) is 7.75. The van der Waals surface area contributed by atoms with Crippen LogP contribution in [0, 0.1) is 17.3 Å². The molecule has 96 valence electrons. The van der Waals surface area contributed by atoms with E-state index in [-0.39, 0.29) is 17.1 Å². The third-order valence-electron chi connectivity index (χ3n) is 5.05. The van der Waals surface area contributed by atoms with E-state index < -0.39 is 5.60 Å². The molecular weight excluding hydrogens is 212 g/mol. The van der Waals surface area contributed by atoms with Gasteiger partial charge in [-0.15, -0.1) is 0 Å². The minimum Gasteiger partial charge on any atom is -0.390 e. The first-order valence-electron chi connectivity index (χ1n) is 6.72. The van der Waals surface area contributed by atoms with Crippen molar-refractivity contribution < 1.29 is 9.90 Å². The number of carbonyl (C=O) groups is 1. The Morgan fingerprint density at radius 2 is 2.12 bits per heavy atom. The standard InChI is InChI=1S/C15H24O2/c1-10-6-5-7-11-8-13(16)12(14(2,3)17)9-15(10,11)4/h8,10,12,17H,5-7,9H2,1-4H3/t10-,12+,15+/m0/s1. The summed E-state index contributed by atoms with van der Waals surface area (Å²) in [5.41, 5.74) is 0.539. The second-order valence-corrected chi connectivity index (χ2v) is 6.69. The lowest BCUT2D eigenvalue weighted by atomic mass is 9.56. The summed E-state index contributed by atoms with van der Waals surface area (Å²) < 4.78 is 0. The minimum absolute atomic E-state index is 0.122. The number of fused-ring (bicyclic) bond motifs is 1. The van der Waals surface area contributed by atoms with E-state index in [1.807, 2.05) is 6.08 Å². The van der Waals surface area contributed by atoms with Crippen LogP contribution >= 0.6 is 0 Å². The van der Waals surface area contributed by atoms with Crippen molar-refractivity contribution in [2.45, 2.75) is 59.0 Å². The Morgan fingerprint density at radius 1 is 1.47 bits per heavy atom. The molecule has 0 aromatic heterocycles. The predicted molar refractivity (Wildman–Crippen MR) is 68.6 cm³/mol. The number of allylic oxidation sites excluding steroid dienone is 2. The molecule has 3 atom stereocenters. The first kappa shape index (κ1) is 12.8. The molecule has 2 aliphatic carbocycles. The van der Waals surface area contributed by atoms with E-state index in [1.54, 1.807) is 13.8 Å². The zero-order chi connectivity index (χ0) is 12.8. The lowest BCUT2D eigenvalue weighted by Gasteiger charge is -2.48. The maximum absolute atomic E-state index is 12.1. The van der Waals surface area contributed by atoms with Crippen LogP contribution in [0.3, 0.4) is 0 Å². The molecule has 1 saturated carbocycles. The molecule has 0 saturated heterocycles. The Morgan fingerprint density at radius 3 is 2.71 bits per heavy atom. The number of ketones is 1. The summed E-state index contributed by atoms with van der Waals surface area (Å²) in [6.07, 6.45) is 6.14. The number of aliphatic hydroxyl groups is 1. The van der Waals surface area contributed by atoms with E-state index in [0.717, 1.165) is 12.8 Å². The van der Waals surface area contributed by atoms with Crippen LogP contribution in [0.15, 0.2) is 11.6 Å². The van der Waals surface area contributed by atoms with Crippen LogP contribution in [0.5, 0.6) is 0 Å². The van der Waals surface area contributed by atoms with Gasteiger partial charge in [-0.05, 0) is 56.9 Å². The third-order valence-corrected chi connectivity index (χ3v) is 5.05. The Bertz CT molecular complexity index is 362. The average Bonchev–Trinajstić information content (AvgIpc) is 2.19. The molecule has 17 heavy (non-hydrogen) atoms. The van der Waals surface area contributed by atoms with Gasteiger partial charge in [-0.3, -0.25) is 4.79 Å². The zero-order valence-electron chi connectivity index (χ0n) is 11.4. The van der Waals surface area contributed by atoms with Crippen LogP contribution in [0.1, 0.15) is 53.4 Å². The van der Waals surface area contributed by atoms with Gasteiger partial charge in [0.1, 0.15) is 0 Å². The topological polar surface area (TPSA) is 37.3 Å². The van der Waals surface area contributed by atoms with Crippen molar-refractivity contribution in [3.63, 3.8) is 0 Å². The Kier molecular flexibility index (Phi) is 2.97. The Balaban J connectivity index is 2.37. The molecule has 1 N–H and O–H groups in total. The Labute approximate surface area is 104 Å². The van der Waals surface area contributed by atoms with E-state index in [9.17, 15) is 9.90 Å². The van der Waals surface area contributed by atoms with Crippen molar-refractivity contribution in [1.82, 2.24) is 0 Å². The van der Waals surface area contributed by atoms with E-state index in [1.165, 1.54) is 18.4 Å². The van der Waals surface area contributed by atoms with Gasteiger partial charge in [0.15, 0.2) is 5.78 Å². The summed E-state index contributed by atoms with van der Waals surface area (Å²) in [7, 11) is 0. The van der Waals surface area contributed by atoms with Gasteiger partial charge in [-0.1, -0.05) is 19.4 Å². The molecule has 2 heteroatoms. The van der Waals surface area contributed by atoms with Crippen LogP contribution in [0.4, 0.5) is 0 Å². The molecule has 0 amide bonds. The fourth-order valence-electron chi connectivity index (χ4n) is 3.48. The van der Waals surface area contributed by atoms with Crippen molar-refractivity contribution in [3.8, 4) is 0 Å². The number of carbonyl (C=O) groups excluding carboxylic acids is 1. The molecular formula is C15H24O2. The van der Waals surface area contributed by atoms with E-state index in [2.05, 4.69) is 13.8 Å². The first-order valence-corrected chi connectivity index (χ1v) is 6.72. The maximum Gasteiger partial charge on any atom is 0.161 e.